The van der Waals surface area contributed by atoms with Gasteiger partial charge < -0.3 is 10.8 Å². The summed E-state index contributed by atoms with van der Waals surface area (Å²) in [5, 5.41) is 16.2. The van der Waals surface area contributed by atoms with Gasteiger partial charge in [0.05, 0.1) is 11.7 Å². The molecule has 0 amide bonds. The highest BCUT2D eigenvalue weighted by molar-refractivity contribution is 5.87. The number of hydrogen-bond donors (Lipinski definition) is 3. The van der Waals surface area contributed by atoms with E-state index in [9.17, 15) is 4.79 Å². The molecule has 1 aromatic carbocycles. The van der Waals surface area contributed by atoms with E-state index in [0.717, 1.165) is 5.39 Å². The van der Waals surface area contributed by atoms with E-state index in [-0.39, 0.29) is 0 Å². The third-order valence-corrected chi connectivity index (χ3v) is 2.11. The molecule has 14 heavy (non-hydrogen) atoms. The zero-order chi connectivity index (χ0) is 10.1. The summed E-state index contributed by atoms with van der Waals surface area (Å²) in [5.41, 5.74) is 6.75. The van der Waals surface area contributed by atoms with Gasteiger partial charge in [0.25, 0.3) is 0 Å². The smallest absolute Gasteiger partial charge is 0.325 e. The van der Waals surface area contributed by atoms with E-state index in [2.05, 4.69) is 10.2 Å². The van der Waals surface area contributed by atoms with Crippen molar-refractivity contribution in [2.75, 3.05) is 0 Å². The first-order valence-electron chi connectivity index (χ1n) is 4.10. The van der Waals surface area contributed by atoms with Crippen molar-refractivity contribution in [2.45, 2.75) is 6.04 Å². The summed E-state index contributed by atoms with van der Waals surface area (Å²) >= 11 is 0. The maximum atomic E-state index is 10.7. The quantitative estimate of drug-likeness (QED) is 0.649. The Hall–Kier alpha value is -1.88. The minimum Gasteiger partial charge on any atom is -0.480 e. The Bertz CT molecular complexity index is 478. The van der Waals surface area contributed by atoms with E-state index < -0.39 is 12.0 Å². The summed E-state index contributed by atoms with van der Waals surface area (Å²) in [7, 11) is 0. The van der Waals surface area contributed by atoms with Crippen molar-refractivity contribution >= 4 is 16.9 Å². The molecule has 72 valence electrons. The van der Waals surface area contributed by atoms with E-state index in [1.807, 2.05) is 6.07 Å². The number of nitrogens with two attached hydrogens (primary N) is 1. The molecule has 4 N–H and O–H groups in total. The number of carbonyl (C=O) groups is 1. The molecule has 0 bridgehead atoms. The summed E-state index contributed by atoms with van der Waals surface area (Å²) < 4.78 is 0. The predicted octanol–water partition coefficient (Wildman–Crippen LogP) is 0.647. The van der Waals surface area contributed by atoms with E-state index in [0.29, 0.717) is 11.1 Å². The molecule has 0 spiro atoms. The topological polar surface area (TPSA) is 92.0 Å². The third kappa shape index (κ3) is 1.23. The Balaban J connectivity index is 2.61. The lowest BCUT2D eigenvalue weighted by Gasteiger charge is -2.06. The first kappa shape index (κ1) is 8.71. The van der Waals surface area contributed by atoms with Crippen LogP contribution < -0.4 is 5.73 Å². The molecule has 0 fully saturated rings. The highest BCUT2D eigenvalue weighted by Crippen LogP contribution is 2.20. The van der Waals surface area contributed by atoms with Gasteiger partial charge in [-0.1, -0.05) is 18.2 Å². The number of rotatable bonds is 2. The van der Waals surface area contributed by atoms with Crippen LogP contribution in [0.5, 0.6) is 0 Å². The molecule has 0 radical (unpaired) electrons. The molecule has 2 rings (SSSR count). The van der Waals surface area contributed by atoms with Gasteiger partial charge in [-0.05, 0) is 0 Å². The highest BCUT2D eigenvalue weighted by Gasteiger charge is 2.17. The molecular weight excluding hydrogens is 182 g/mol. The highest BCUT2D eigenvalue weighted by atomic mass is 16.4. The minimum absolute atomic E-state index is 0.549. The molecule has 0 aliphatic rings. The number of H-pyrrole nitrogens is 1. The van der Waals surface area contributed by atoms with E-state index in [1.165, 1.54) is 0 Å². The van der Waals surface area contributed by atoms with Gasteiger partial charge in [-0.2, -0.15) is 5.10 Å². The summed E-state index contributed by atoms with van der Waals surface area (Å²) in [6, 6.07) is 4.27. The molecule has 1 aromatic heterocycles. The molecule has 1 heterocycles. The fourth-order valence-corrected chi connectivity index (χ4v) is 1.38. The van der Waals surface area contributed by atoms with Gasteiger partial charge in [-0.3, -0.25) is 9.89 Å². The van der Waals surface area contributed by atoms with Gasteiger partial charge >= 0.3 is 5.97 Å². The van der Waals surface area contributed by atoms with Crippen LogP contribution in [0.15, 0.2) is 24.4 Å². The SMILES string of the molecule is N[C@H](C(=O)O)c1cccc2cn[nH]c12. The summed E-state index contributed by atoms with van der Waals surface area (Å²) in [5.74, 6) is -1.05. The second-order valence-electron chi connectivity index (χ2n) is 3.00. The van der Waals surface area contributed by atoms with Crippen molar-refractivity contribution in [3.8, 4) is 0 Å². The van der Waals surface area contributed by atoms with Gasteiger partial charge in [0, 0.05) is 10.9 Å². The summed E-state index contributed by atoms with van der Waals surface area (Å²) in [4.78, 5) is 10.7. The fraction of sp³-hybridized carbons (Fsp3) is 0.111. The number of aromatic nitrogens is 2. The Morgan fingerprint density at radius 1 is 1.57 bits per heavy atom. The first-order chi connectivity index (χ1) is 6.70. The van der Waals surface area contributed by atoms with Crippen LogP contribution in [-0.4, -0.2) is 21.3 Å². The second-order valence-corrected chi connectivity index (χ2v) is 3.00. The van der Waals surface area contributed by atoms with E-state index in [4.69, 9.17) is 10.8 Å². The number of carboxylic acids is 1. The first-order valence-corrected chi connectivity index (χ1v) is 4.10. The van der Waals surface area contributed by atoms with Gasteiger partial charge in [0.1, 0.15) is 6.04 Å². The van der Waals surface area contributed by atoms with E-state index >= 15 is 0 Å². The molecule has 0 unspecified atom stereocenters. The number of hydrogen-bond acceptors (Lipinski definition) is 3. The average molecular weight is 191 g/mol. The van der Waals surface area contributed by atoms with Gasteiger partial charge in [0.2, 0.25) is 0 Å². The number of benzene rings is 1. The van der Waals surface area contributed by atoms with Gasteiger partial charge in [-0.15, -0.1) is 0 Å². The summed E-state index contributed by atoms with van der Waals surface area (Å²) in [6.45, 7) is 0. The fourth-order valence-electron chi connectivity index (χ4n) is 1.38. The molecule has 5 heteroatoms. The third-order valence-electron chi connectivity index (χ3n) is 2.11. The normalized spacial score (nSPS) is 12.9. The monoisotopic (exact) mass is 191 g/mol. The van der Waals surface area contributed by atoms with Crippen LogP contribution in [0.2, 0.25) is 0 Å². The maximum absolute atomic E-state index is 10.7. The number of nitrogens with one attached hydrogen (secondary N) is 1. The molecule has 0 saturated carbocycles. The predicted molar refractivity (Wildman–Crippen MR) is 50.7 cm³/mol. The van der Waals surface area contributed by atoms with Gasteiger partial charge in [-0.25, -0.2) is 0 Å². The Morgan fingerprint density at radius 3 is 3.07 bits per heavy atom. The molecule has 0 saturated heterocycles. The molecule has 1 atom stereocenters. The van der Waals surface area contributed by atoms with Crippen molar-refractivity contribution in [3.05, 3.63) is 30.0 Å². The molecule has 2 aromatic rings. The number of fused-ring (bicyclic) bond motifs is 1. The Morgan fingerprint density at radius 2 is 2.36 bits per heavy atom. The van der Waals surface area contributed by atoms with Crippen molar-refractivity contribution in [2.24, 2.45) is 5.73 Å². The van der Waals surface area contributed by atoms with Crippen molar-refractivity contribution in [3.63, 3.8) is 0 Å². The Labute approximate surface area is 79.5 Å². The average Bonchev–Trinajstić information content (AvgIpc) is 2.63. The maximum Gasteiger partial charge on any atom is 0.325 e. The van der Waals surface area contributed by atoms with Crippen LogP contribution in [0.25, 0.3) is 10.9 Å². The number of nitrogens with zero attached hydrogens (tertiary/aromatic N) is 1. The van der Waals surface area contributed by atoms with Gasteiger partial charge in [0.15, 0.2) is 0 Å². The second kappa shape index (κ2) is 3.12. The molecule has 5 nitrogen and oxygen atoms in total. The molecule has 0 aliphatic heterocycles. The number of carboxylic acid groups (broad SMARTS) is 1. The van der Waals surface area contributed by atoms with Crippen molar-refractivity contribution in [1.29, 1.82) is 0 Å². The van der Waals surface area contributed by atoms with Crippen LogP contribution in [-0.2, 0) is 4.79 Å². The minimum atomic E-state index is -1.05. The van der Waals surface area contributed by atoms with E-state index in [1.54, 1.807) is 18.3 Å². The summed E-state index contributed by atoms with van der Waals surface area (Å²) in [6.07, 6.45) is 1.63. The molecule has 0 aliphatic carbocycles. The largest absolute Gasteiger partial charge is 0.480 e. The van der Waals surface area contributed by atoms with Crippen molar-refractivity contribution < 1.29 is 9.90 Å². The van der Waals surface area contributed by atoms with Crippen LogP contribution in [0.3, 0.4) is 0 Å². The van der Waals surface area contributed by atoms with Crippen LogP contribution in [0.1, 0.15) is 11.6 Å². The Kier molecular flexibility index (Phi) is 1.94. The molecular formula is C9H9N3O2. The lowest BCUT2D eigenvalue weighted by atomic mass is 10.1. The van der Waals surface area contributed by atoms with Crippen LogP contribution in [0, 0.1) is 0 Å². The number of aliphatic carboxylic acids is 1. The van der Waals surface area contributed by atoms with Crippen LogP contribution in [0.4, 0.5) is 0 Å². The zero-order valence-corrected chi connectivity index (χ0v) is 7.27. The number of aromatic amines is 1. The lowest BCUT2D eigenvalue weighted by Crippen LogP contribution is -2.20. The number of para-hydroxylation sites is 1. The van der Waals surface area contributed by atoms with Crippen molar-refractivity contribution in [1.82, 2.24) is 10.2 Å². The standard InChI is InChI=1S/C9H9N3O2/c10-7(9(13)14)6-3-1-2-5-4-11-12-8(5)6/h1-4,7H,10H2,(H,11,12)(H,13,14)/t7-/m0/s1. The zero-order valence-electron chi connectivity index (χ0n) is 7.27. The van der Waals surface area contributed by atoms with Crippen LogP contribution >= 0.6 is 0 Å². The lowest BCUT2D eigenvalue weighted by molar-refractivity contribution is -0.138.